The van der Waals surface area contributed by atoms with Crippen LogP contribution in [0.3, 0.4) is 0 Å². The molecular weight excluding hydrogens is 1070 g/mol. The van der Waals surface area contributed by atoms with Gasteiger partial charge >= 0.3 is 17.9 Å². The maximum absolute atomic E-state index is 13.0. The fourth-order valence-corrected chi connectivity index (χ4v) is 10.4. The van der Waals surface area contributed by atoms with Crippen LogP contribution in [-0.4, -0.2) is 87.4 Å². The number of hydrogen-bond donors (Lipinski definition) is 1. The Morgan fingerprint density at radius 1 is 0.360 bits per heavy atom. The van der Waals surface area contributed by atoms with Gasteiger partial charge in [-0.15, -0.1) is 0 Å². The second kappa shape index (κ2) is 67.4. The predicted molar refractivity (Wildman–Crippen MR) is 369 cm³/mol. The zero-order valence-corrected chi connectivity index (χ0v) is 57.0. The fourth-order valence-electron chi connectivity index (χ4n) is 10.4. The minimum atomic E-state index is -1.51. The van der Waals surface area contributed by atoms with Crippen molar-refractivity contribution in [2.24, 2.45) is 0 Å². The molecular formula is C77H138NO8+. The smallest absolute Gasteiger partial charge is 0.361 e. The van der Waals surface area contributed by atoms with Crippen molar-refractivity contribution in [3.8, 4) is 0 Å². The van der Waals surface area contributed by atoms with Crippen LogP contribution in [0.25, 0.3) is 0 Å². The van der Waals surface area contributed by atoms with Gasteiger partial charge in [-0.2, -0.15) is 0 Å². The van der Waals surface area contributed by atoms with Crippen LogP contribution in [-0.2, 0) is 33.3 Å². The Hall–Kier alpha value is -3.53. The first-order valence-corrected chi connectivity index (χ1v) is 36.3. The lowest BCUT2D eigenvalue weighted by molar-refractivity contribution is -0.870. The zero-order valence-electron chi connectivity index (χ0n) is 57.0. The number of unbranched alkanes of at least 4 members (excludes halogenated alkanes) is 38. The third kappa shape index (κ3) is 68.0. The highest BCUT2D eigenvalue weighted by Crippen LogP contribution is 2.18. The Morgan fingerprint density at radius 3 is 0.988 bits per heavy atom. The number of carboxylic acids is 1. The van der Waals surface area contributed by atoms with Gasteiger partial charge in [0.15, 0.2) is 6.10 Å². The number of carbonyl (C=O) groups excluding carboxylic acids is 2. The van der Waals surface area contributed by atoms with Gasteiger partial charge in [-0.3, -0.25) is 9.59 Å². The minimum absolute atomic E-state index is 0.182. The van der Waals surface area contributed by atoms with Crippen LogP contribution in [0.2, 0.25) is 0 Å². The fraction of sp³-hybridized carbons (Fsp3) is 0.779. The Labute approximate surface area is 531 Å². The molecule has 0 rings (SSSR count). The SMILES string of the molecule is CC/C=C\C/C=C\C/C=C\C/C=C\C/C=C\C/C=C\C/C=C\CCCCCCCCCCCCCC(=O)OC(COC(=O)CCCCCCCCCCCCCCCCCCCCCCCCCCCCCC)COC(OCC[N+](C)(C)C)C(=O)O. The molecule has 0 aromatic rings. The van der Waals surface area contributed by atoms with Crippen LogP contribution in [0, 0.1) is 0 Å². The summed E-state index contributed by atoms with van der Waals surface area (Å²) in [6.45, 7) is 4.81. The molecule has 0 fully saturated rings. The number of hydrogen-bond acceptors (Lipinski definition) is 7. The van der Waals surface area contributed by atoms with Crippen molar-refractivity contribution < 1.29 is 42.9 Å². The molecule has 86 heavy (non-hydrogen) atoms. The van der Waals surface area contributed by atoms with E-state index in [1.54, 1.807) is 0 Å². The van der Waals surface area contributed by atoms with Crippen LogP contribution >= 0.6 is 0 Å². The maximum atomic E-state index is 13.0. The van der Waals surface area contributed by atoms with E-state index in [4.69, 9.17) is 18.9 Å². The lowest BCUT2D eigenvalue weighted by Crippen LogP contribution is -2.40. The van der Waals surface area contributed by atoms with E-state index in [1.807, 2.05) is 21.1 Å². The summed E-state index contributed by atoms with van der Waals surface area (Å²) in [5.41, 5.74) is 0. The van der Waals surface area contributed by atoms with E-state index in [-0.39, 0.29) is 32.2 Å². The number of quaternary nitrogens is 1. The third-order valence-electron chi connectivity index (χ3n) is 15.9. The van der Waals surface area contributed by atoms with E-state index in [0.29, 0.717) is 23.9 Å². The quantitative estimate of drug-likeness (QED) is 0.0211. The van der Waals surface area contributed by atoms with Crippen LogP contribution in [0.5, 0.6) is 0 Å². The largest absolute Gasteiger partial charge is 0.477 e. The number of nitrogens with zero attached hydrogens (tertiary/aromatic N) is 1. The van der Waals surface area contributed by atoms with Gasteiger partial charge in [0, 0.05) is 12.8 Å². The lowest BCUT2D eigenvalue weighted by atomic mass is 10.0. The molecule has 0 bridgehead atoms. The lowest BCUT2D eigenvalue weighted by Gasteiger charge is -2.25. The van der Waals surface area contributed by atoms with Gasteiger partial charge in [-0.25, -0.2) is 4.79 Å². The molecule has 0 saturated heterocycles. The van der Waals surface area contributed by atoms with Gasteiger partial charge in [0.1, 0.15) is 13.2 Å². The number of ether oxygens (including phenoxy) is 4. The Bertz CT molecular complexity index is 1690. The average Bonchev–Trinajstić information content (AvgIpc) is 3.64. The number of carboxylic acid groups (broad SMARTS) is 1. The van der Waals surface area contributed by atoms with E-state index in [9.17, 15) is 19.5 Å². The van der Waals surface area contributed by atoms with Crippen molar-refractivity contribution in [2.45, 2.75) is 341 Å². The normalized spacial score (nSPS) is 13.2. The number of aliphatic carboxylic acids is 1. The van der Waals surface area contributed by atoms with E-state index < -0.39 is 24.3 Å². The molecule has 0 aromatic carbocycles. The highest BCUT2D eigenvalue weighted by molar-refractivity contribution is 5.71. The van der Waals surface area contributed by atoms with Crippen LogP contribution in [0.4, 0.5) is 0 Å². The van der Waals surface area contributed by atoms with Crippen molar-refractivity contribution in [1.82, 2.24) is 0 Å². The highest BCUT2D eigenvalue weighted by Gasteiger charge is 2.25. The number of likely N-dealkylation sites (N-methyl/N-ethyl adjacent to an activating group) is 1. The molecule has 0 aromatic heterocycles. The maximum Gasteiger partial charge on any atom is 0.361 e. The van der Waals surface area contributed by atoms with Gasteiger partial charge in [0.2, 0.25) is 0 Å². The van der Waals surface area contributed by atoms with E-state index in [1.165, 1.54) is 205 Å². The molecule has 0 aliphatic rings. The molecule has 1 N–H and O–H groups in total. The summed E-state index contributed by atoms with van der Waals surface area (Å²) in [5.74, 6) is -1.99. The summed E-state index contributed by atoms with van der Waals surface area (Å²) < 4.78 is 23.0. The molecule has 0 aliphatic carbocycles. The molecule has 0 heterocycles. The molecule has 0 amide bonds. The van der Waals surface area contributed by atoms with Crippen LogP contribution < -0.4 is 0 Å². The van der Waals surface area contributed by atoms with Gasteiger partial charge in [0.25, 0.3) is 6.29 Å². The molecule has 9 nitrogen and oxygen atoms in total. The summed E-state index contributed by atoms with van der Waals surface area (Å²) in [6.07, 6.45) is 88.5. The second-order valence-corrected chi connectivity index (χ2v) is 25.5. The first-order chi connectivity index (χ1) is 42.1. The topological polar surface area (TPSA) is 108 Å². The Kier molecular flexibility index (Phi) is 64.6. The first kappa shape index (κ1) is 82.5. The van der Waals surface area contributed by atoms with Crippen molar-refractivity contribution in [2.75, 3.05) is 47.5 Å². The number of carbonyl (C=O) groups is 3. The molecule has 2 unspecified atom stereocenters. The van der Waals surface area contributed by atoms with Crippen molar-refractivity contribution >= 4 is 17.9 Å². The zero-order chi connectivity index (χ0) is 62.6. The average molecular weight is 1210 g/mol. The molecule has 0 radical (unpaired) electrons. The monoisotopic (exact) mass is 1210 g/mol. The highest BCUT2D eigenvalue weighted by atomic mass is 16.7. The Morgan fingerprint density at radius 2 is 0.663 bits per heavy atom. The number of esters is 2. The predicted octanol–water partition coefficient (Wildman–Crippen LogP) is 22.6. The molecule has 2 atom stereocenters. The summed E-state index contributed by atoms with van der Waals surface area (Å²) in [7, 11) is 5.98. The minimum Gasteiger partial charge on any atom is -0.477 e. The van der Waals surface area contributed by atoms with E-state index in [0.717, 1.165) is 89.9 Å². The molecule has 0 saturated carbocycles. The molecule has 498 valence electrons. The second-order valence-electron chi connectivity index (χ2n) is 25.5. The molecule has 9 heteroatoms. The summed E-state index contributed by atoms with van der Waals surface area (Å²) in [4.78, 5) is 37.7. The summed E-state index contributed by atoms with van der Waals surface area (Å²) in [5, 5.41) is 9.75. The van der Waals surface area contributed by atoms with Gasteiger partial charge in [0.05, 0.1) is 34.4 Å². The molecule has 0 spiro atoms. The van der Waals surface area contributed by atoms with Crippen LogP contribution in [0.15, 0.2) is 85.1 Å². The van der Waals surface area contributed by atoms with E-state index >= 15 is 0 Å². The molecule has 0 aliphatic heterocycles. The Balaban J connectivity index is 4.10. The summed E-state index contributed by atoms with van der Waals surface area (Å²) in [6, 6.07) is 0. The van der Waals surface area contributed by atoms with E-state index in [2.05, 4.69) is 98.9 Å². The van der Waals surface area contributed by atoms with Crippen LogP contribution in [0.1, 0.15) is 328 Å². The number of allylic oxidation sites excluding steroid dienone is 14. The summed E-state index contributed by atoms with van der Waals surface area (Å²) >= 11 is 0. The van der Waals surface area contributed by atoms with Crippen molar-refractivity contribution in [3.63, 3.8) is 0 Å². The third-order valence-corrected chi connectivity index (χ3v) is 15.9. The van der Waals surface area contributed by atoms with Gasteiger partial charge < -0.3 is 28.5 Å². The van der Waals surface area contributed by atoms with Gasteiger partial charge in [-0.1, -0.05) is 330 Å². The van der Waals surface area contributed by atoms with Crippen molar-refractivity contribution in [3.05, 3.63) is 85.1 Å². The standard InChI is InChI=1S/C77H137NO8/c1-6-8-10-12-14-16-18-20-22-24-26-28-30-32-34-36-37-38-39-40-42-44-46-48-50-52-54-56-58-60-62-64-66-68-75(80)86-73(72-85-77(76(81)82)83-70-69-78(3,4)5)71-84-74(79)67-65-63-61-59-57-55-53-51-49-47-45-43-41-35-33-31-29-27-25-23-21-19-17-15-13-11-9-7-2/h8,10,14,16,20,22,26,28,32,34,37-38,40,42,73,77H,6-7,9,11-13,15,17-19,21,23-25,27,29-31,33,35-36,39,41,43-72H2,1-5H3/p+1/b10-8-,16-14-,22-20-,28-26-,34-32-,38-37-,42-40-. The van der Waals surface area contributed by atoms with Crippen molar-refractivity contribution in [1.29, 1.82) is 0 Å². The number of rotatable bonds is 67. The van der Waals surface area contributed by atoms with Gasteiger partial charge in [-0.05, 0) is 70.6 Å². The first-order valence-electron chi connectivity index (χ1n) is 36.3.